The molecule has 0 aromatic rings. The second kappa shape index (κ2) is 7.76. The van der Waals surface area contributed by atoms with Gasteiger partial charge in [0.2, 0.25) is 0 Å². The van der Waals surface area contributed by atoms with E-state index in [0.717, 1.165) is 0 Å². The van der Waals surface area contributed by atoms with Crippen molar-refractivity contribution in [2.45, 2.75) is 46.8 Å². The summed E-state index contributed by atoms with van der Waals surface area (Å²) in [5.41, 5.74) is -12.2. The van der Waals surface area contributed by atoms with Crippen LogP contribution in [0.4, 0.5) is 61.5 Å². The van der Waals surface area contributed by atoms with E-state index in [0.29, 0.717) is 0 Å². The normalized spacial score (nSPS) is 17.8. The smallest absolute Gasteiger partial charge is 0.378 e. The van der Waals surface area contributed by atoms with Gasteiger partial charge in [0.1, 0.15) is 10.8 Å². The number of hydrogen-bond acceptors (Lipinski definition) is 1. The fraction of sp³-hybridized carbons (Fsp3) is 1.00. The lowest BCUT2D eigenvalue weighted by atomic mass is 9.99. The lowest BCUT2D eigenvalue weighted by Gasteiger charge is -2.35. The van der Waals surface area contributed by atoms with E-state index in [9.17, 15) is 61.5 Å². The van der Waals surface area contributed by atoms with Gasteiger partial charge in [0, 0.05) is 0 Å². The van der Waals surface area contributed by atoms with Gasteiger partial charge in [-0.25, -0.2) is 8.78 Å². The molecule has 1 nitrogen and oxygen atoms in total. The van der Waals surface area contributed by atoms with E-state index in [1.54, 1.807) is 0 Å². The van der Waals surface area contributed by atoms with Gasteiger partial charge in [-0.2, -0.15) is 52.7 Å². The molecule has 0 spiro atoms. The summed E-state index contributed by atoms with van der Waals surface area (Å²) in [5, 5.41) is -7.38. The molecule has 0 saturated heterocycles. The molecule has 0 heterocycles. The van der Waals surface area contributed by atoms with Crippen LogP contribution in [0.15, 0.2) is 0 Å². The molecule has 27 heavy (non-hydrogen) atoms. The van der Waals surface area contributed by atoms with Gasteiger partial charge in [0.15, 0.2) is 0 Å². The molecule has 0 aromatic carbocycles. The third kappa shape index (κ3) is 4.95. The molecule has 0 aliphatic carbocycles. The van der Waals surface area contributed by atoms with Gasteiger partial charge >= 0.3 is 36.0 Å². The molecule has 0 fully saturated rings. The van der Waals surface area contributed by atoms with E-state index in [1.165, 1.54) is 0 Å². The van der Waals surface area contributed by atoms with Crippen molar-refractivity contribution in [3.05, 3.63) is 0 Å². The highest BCUT2D eigenvalue weighted by atomic mass is 35.5. The van der Waals surface area contributed by atoms with Gasteiger partial charge in [-0.3, -0.25) is 0 Å². The zero-order chi connectivity index (χ0) is 22.3. The van der Waals surface area contributed by atoms with Crippen molar-refractivity contribution >= 4 is 23.2 Å². The number of halogens is 16. The summed E-state index contributed by atoms with van der Waals surface area (Å²) in [7, 11) is 0. The molecule has 0 radical (unpaired) electrons. The summed E-state index contributed by atoms with van der Waals surface area (Å²) < 4.78 is 178. The first kappa shape index (κ1) is 26.6. The molecule has 0 aromatic heterocycles. The van der Waals surface area contributed by atoms with Gasteiger partial charge in [0.05, 0.1) is 13.2 Å². The largest absolute Gasteiger partial charge is 0.433 e. The van der Waals surface area contributed by atoms with Crippen molar-refractivity contribution in [3.63, 3.8) is 0 Å². The molecule has 2 atom stereocenters. The third-order valence-corrected chi connectivity index (χ3v) is 3.90. The van der Waals surface area contributed by atoms with Crippen molar-refractivity contribution < 1.29 is 66.2 Å². The molecular weight excluding hydrogens is 473 g/mol. The Morgan fingerprint density at radius 1 is 0.481 bits per heavy atom. The Morgan fingerprint density at radius 3 is 0.815 bits per heavy atom. The van der Waals surface area contributed by atoms with E-state index in [1.807, 2.05) is 0 Å². The number of alkyl halides is 16. The van der Waals surface area contributed by atoms with Crippen LogP contribution in [0.2, 0.25) is 0 Å². The maximum Gasteiger partial charge on any atom is 0.433 e. The summed E-state index contributed by atoms with van der Waals surface area (Å²) in [4.78, 5) is 0. The van der Waals surface area contributed by atoms with Crippen LogP contribution >= 0.6 is 23.2 Å². The quantitative estimate of drug-likeness (QED) is 0.342. The van der Waals surface area contributed by atoms with Gasteiger partial charge in [-0.15, -0.1) is 23.2 Å². The zero-order valence-corrected chi connectivity index (χ0v) is 13.5. The van der Waals surface area contributed by atoms with Gasteiger partial charge in [-0.1, -0.05) is 0 Å². The highest BCUT2D eigenvalue weighted by molar-refractivity contribution is 6.22. The van der Waals surface area contributed by atoms with E-state index < -0.39 is 60.0 Å². The van der Waals surface area contributed by atoms with E-state index in [-0.39, 0.29) is 0 Å². The Balaban J connectivity index is 5.36. The first-order chi connectivity index (χ1) is 11.5. The van der Waals surface area contributed by atoms with Crippen LogP contribution < -0.4 is 0 Å². The first-order valence-electron chi connectivity index (χ1n) is 6.05. The van der Waals surface area contributed by atoms with E-state index in [2.05, 4.69) is 27.9 Å². The maximum absolute atomic E-state index is 13.4. The summed E-state index contributed by atoms with van der Waals surface area (Å²) >= 11 is 9.23. The minimum absolute atomic E-state index is 2.20. The molecule has 164 valence electrons. The third-order valence-electron chi connectivity index (χ3n) is 3.04. The van der Waals surface area contributed by atoms with Gasteiger partial charge in [0.25, 0.3) is 0 Å². The van der Waals surface area contributed by atoms with Crippen LogP contribution in [0.1, 0.15) is 0 Å². The van der Waals surface area contributed by atoms with Crippen LogP contribution in [0.3, 0.4) is 0 Å². The second-order valence-electron chi connectivity index (χ2n) is 4.89. The Morgan fingerprint density at radius 2 is 0.667 bits per heavy atom. The second-order valence-corrected chi connectivity index (χ2v) is 5.94. The Hall–Kier alpha value is -0.440. The molecule has 0 N–H and O–H groups in total. The number of ether oxygens (including phenoxy) is 1. The minimum atomic E-state index is -6.66. The summed E-state index contributed by atoms with van der Waals surface area (Å²) in [6.07, 6.45) is -26.7. The molecule has 0 rings (SSSR count). The minimum Gasteiger partial charge on any atom is -0.378 e. The van der Waals surface area contributed by atoms with E-state index >= 15 is 0 Å². The van der Waals surface area contributed by atoms with Crippen molar-refractivity contribution in [2.24, 2.45) is 0 Å². The number of rotatable bonds is 6. The van der Waals surface area contributed by atoms with Crippen molar-refractivity contribution in [2.75, 3.05) is 13.2 Å². The van der Waals surface area contributed by atoms with Crippen LogP contribution in [0.25, 0.3) is 0 Å². The fourth-order valence-electron chi connectivity index (χ4n) is 1.54. The monoisotopic (exact) mass is 478 g/mol. The van der Waals surface area contributed by atoms with Crippen LogP contribution in [-0.2, 0) is 4.74 Å². The molecule has 0 bridgehead atoms. The summed E-state index contributed by atoms with van der Waals surface area (Å²) in [5.74, 6) is 0. The lowest BCUT2D eigenvalue weighted by Crippen LogP contribution is -2.61. The lowest BCUT2D eigenvalue weighted by molar-refractivity contribution is -0.345. The summed E-state index contributed by atoms with van der Waals surface area (Å²) in [6.45, 7) is -4.40. The SMILES string of the molecule is FC(F)(F)C(F)(C(Cl)COCC(Cl)C(F)(C(F)(F)F)C(F)(F)F)C(F)(F)F. The topological polar surface area (TPSA) is 9.23 Å². The fourth-order valence-corrected chi connectivity index (χ4v) is 2.21. The van der Waals surface area contributed by atoms with E-state index in [4.69, 9.17) is 0 Å². The highest BCUT2D eigenvalue weighted by Gasteiger charge is 2.77. The average molecular weight is 479 g/mol. The predicted molar refractivity (Wildman–Crippen MR) is 62.0 cm³/mol. The Labute approximate surface area is 150 Å². The molecule has 0 saturated carbocycles. The molecule has 0 amide bonds. The Kier molecular flexibility index (Phi) is 7.64. The highest BCUT2D eigenvalue weighted by Crippen LogP contribution is 2.51. The van der Waals surface area contributed by atoms with Gasteiger partial charge < -0.3 is 4.74 Å². The molecule has 0 aliphatic heterocycles. The molecule has 17 heteroatoms. The van der Waals surface area contributed by atoms with Crippen molar-refractivity contribution in [1.29, 1.82) is 0 Å². The maximum atomic E-state index is 13.4. The van der Waals surface area contributed by atoms with Crippen LogP contribution in [0.5, 0.6) is 0 Å². The summed E-state index contributed by atoms with van der Waals surface area (Å²) in [6, 6.07) is 0. The molecular formula is C10H6Cl2F14O. The predicted octanol–water partition coefficient (Wildman–Crippen LogP) is 5.88. The molecule has 0 aliphatic rings. The average Bonchev–Trinajstić information content (AvgIpc) is 2.39. The van der Waals surface area contributed by atoms with Crippen LogP contribution in [0, 0.1) is 0 Å². The van der Waals surface area contributed by atoms with Crippen molar-refractivity contribution in [1.82, 2.24) is 0 Å². The number of hydrogen-bond donors (Lipinski definition) is 0. The first-order valence-corrected chi connectivity index (χ1v) is 6.93. The molecule has 2 unspecified atom stereocenters. The zero-order valence-electron chi connectivity index (χ0n) is 12.0. The van der Waals surface area contributed by atoms with Crippen LogP contribution in [-0.4, -0.2) is 60.0 Å². The van der Waals surface area contributed by atoms with Crippen molar-refractivity contribution in [3.8, 4) is 0 Å². The van der Waals surface area contributed by atoms with Gasteiger partial charge in [-0.05, 0) is 0 Å². The Bertz CT molecular complexity index is 420. The standard InChI is InChI=1S/C10H6Cl2F14O/c11-3(5(13,7(15,16)17)8(18,19)20)1-27-2-4(12)6(14,9(21,22)23)10(24,25)26/h3-4H,1-2H2.